The van der Waals surface area contributed by atoms with Gasteiger partial charge in [0.15, 0.2) is 0 Å². The molecular weight excluding hydrogens is 266 g/mol. The number of amides is 1. The molecule has 0 bridgehead atoms. The molecule has 1 amide bonds. The molecule has 1 fully saturated rings. The number of alkyl carbamates (subject to hydrolysis) is 1. The van der Waals surface area contributed by atoms with Crippen LogP contribution in [0.25, 0.3) is 0 Å². The third-order valence-electron chi connectivity index (χ3n) is 3.71. The fourth-order valence-electron chi connectivity index (χ4n) is 2.58. The lowest BCUT2D eigenvalue weighted by atomic mass is 10.0. The summed E-state index contributed by atoms with van der Waals surface area (Å²) in [6.45, 7) is 12.5. The van der Waals surface area contributed by atoms with Crippen molar-refractivity contribution in [3.63, 3.8) is 0 Å². The van der Waals surface area contributed by atoms with Crippen LogP contribution >= 0.6 is 0 Å². The number of hydrogen-bond acceptors (Lipinski definition) is 4. The van der Waals surface area contributed by atoms with Gasteiger partial charge in [-0.1, -0.05) is 6.42 Å². The molecule has 1 aliphatic rings. The molecule has 0 saturated carbocycles. The van der Waals surface area contributed by atoms with E-state index in [1.54, 1.807) is 0 Å². The number of carbonyl (C=O) groups is 1. The van der Waals surface area contributed by atoms with Crippen molar-refractivity contribution >= 4 is 6.09 Å². The van der Waals surface area contributed by atoms with E-state index in [9.17, 15) is 4.79 Å². The van der Waals surface area contributed by atoms with E-state index in [0.29, 0.717) is 6.04 Å². The minimum atomic E-state index is -0.460. The maximum atomic E-state index is 11.8. The second kappa shape index (κ2) is 7.45. The van der Waals surface area contributed by atoms with Gasteiger partial charge >= 0.3 is 6.09 Å². The minimum absolute atomic E-state index is 0.324. The van der Waals surface area contributed by atoms with Crippen molar-refractivity contribution in [3.05, 3.63) is 0 Å². The Labute approximate surface area is 129 Å². The third-order valence-corrected chi connectivity index (χ3v) is 3.71. The van der Waals surface area contributed by atoms with Crippen LogP contribution in [0.1, 0.15) is 53.9 Å². The van der Waals surface area contributed by atoms with Gasteiger partial charge in [-0.25, -0.2) is 4.79 Å². The molecule has 0 aromatic rings. The van der Waals surface area contributed by atoms with Gasteiger partial charge < -0.3 is 20.3 Å². The zero-order valence-corrected chi connectivity index (χ0v) is 14.6. The Morgan fingerprint density at radius 2 is 1.90 bits per heavy atom. The molecule has 0 aliphatic carbocycles. The van der Waals surface area contributed by atoms with Crippen molar-refractivity contribution in [2.24, 2.45) is 0 Å². The van der Waals surface area contributed by atoms with E-state index in [1.165, 1.54) is 25.8 Å². The molecule has 0 spiro atoms. The van der Waals surface area contributed by atoms with E-state index in [-0.39, 0.29) is 11.6 Å². The first-order valence-electron chi connectivity index (χ1n) is 8.01. The lowest BCUT2D eigenvalue weighted by Gasteiger charge is -2.34. The van der Waals surface area contributed by atoms with Crippen molar-refractivity contribution in [1.82, 2.24) is 15.5 Å². The van der Waals surface area contributed by atoms with E-state index >= 15 is 0 Å². The van der Waals surface area contributed by atoms with Crippen LogP contribution in [-0.4, -0.2) is 54.9 Å². The summed E-state index contributed by atoms with van der Waals surface area (Å²) in [5.41, 5.74) is -0.784. The van der Waals surface area contributed by atoms with Crippen LogP contribution in [0, 0.1) is 0 Å². The maximum absolute atomic E-state index is 11.8. The van der Waals surface area contributed by atoms with Gasteiger partial charge in [-0.3, -0.25) is 0 Å². The van der Waals surface area contributed by atoms with Crippen molar-refractivity contribution in [3.8, 4) is 0 Å². The Balaban J connectivity index is 2.30. The number of likely N-dealkylation sites (N-methyl/N-ethyl adjacent to an activating group) is 1. The summed E-state index contributed by atoms with van der Waals surface area (Å²) >= 11 is 0. The molecule has 1 unspecified atom stereocenters. The minimum Gasteiger partial charge on any atom is -0.444 e. The molecule has 5 heteroatoms. The molecule has 1 heterocycles. The normalized spacial score (nSPS) is 21.1. The maximum Gasteiger partial charge on any atom is 0.408 e. The molecule has 1 atom stereocenters. The van der Waals surface area contributed by atoms with Gasteiger partial charge in [-0.2, -0.15) is 0 Å². The molecule has 5 nitrogen and oxygen atoms in total. The highest BCUT2D eigenvalue weighted by molar-refractivity contribution is 5.68. The van der Waals surface area contributed by atoms with Crippen molar-refractivity contribution in [2.45, 2.75) is 71.1 Å². The summed E-state index contributed by atoms with van der Waals surface area (Å²) < 4.78 is 5.30. The Kier molecular flexibility index (Phi) is 6.47. The highest BCUT2D eigenvalue weighted by Gasteiger charge is 2.25. The molecule has 1 rings (SSSR count). The summed E-state index contributed by atoms with van der Waals surface area (Å²) in [5.74, 6) is 0. The van der Waals surface area contributed by atoms with Crippen LogP contribution in [0.5, 0.6) is 0 Å². The van der Waals surface area contributed by atoms with Crippen molar-refractivity contribution in [2.75, 3.05) is 26.7 Å². The van der Waals surface area contributed by atoms with Crippen LogP contribution in [0.4, 0.5) is 4.79 Å². The molecular formula is C16H33N3O2. The van der Waals surface area contributed by atoms with Gasteiger partial charge in [-0.05, 0) is 61.1 Å². The predicted molar refractivity (Wildman–Crippen MR) is 86.6 cm³/mol. The van der Waals surface area contributed by atoms with Crippen LogP contribution in [0.2, 0.25) is 0 Å². The zero-order valence-electron chi connectivity index (χ0n) is 14.6. The number of ether oxygens (including phenoxy) is 1. The number of hydrogen-bond donors (Lipinski definition) is 2. The molecule has 0 aromatic carbocycles. The number of carbonyl (C=O) groups excluding carboxylic acids is 1. The van der Waals surface area contributed by atoms with Crippen LogP contribution in [0.3, 0.4) is 0 Å². The number of nitrogens with one attached hydrogen (secondary N) is 2. The molecule has 0 radical (unpaired) electrons. The first kappa shape index (κ1) is 18.2. The molecule has 21 heavy (non-hydrogen) atoms. The Morgan fingerprint density at radius 3 is 2.48 bits per heavy atom. The smallest absolute Gasteiger partial charge is 0.408 e. The van der Waals surface area contributed by atoms with Gasteiger partial charge in [0.2, 0.25) is 0 Å². The largest absolute Gasteiger partial charge is 0.444 e. The summed E-state index contributed by atoms with van der Waals surface area (Å²) in [6.07, 6.45) is 3.52. The topological polar surface area (TPSA) is 53.6 Å². The fraction of sp³-hybridized carbons (Fsp3) is 0.938. The van der Waals surface area contributed by atoms with E-state index < -0.39 is 5.60 Å². The van der Waals surface area contributed by atoms with E-state index in [0.717, 1.165) is 13.1 Å². The number of piperidine rings is 1. The lowest BCUT2D eigenvalue weighted by Crippen LogP contribution is -2.53. The molecule has 1 saturated heterocycles. The number of likely N-dealkylation sites (tertiary alicyclic amines) is 1. The summed E-state index contributed by atoms with van der Waals surface area (Å²) in [7, 11) is 2.19. The second-order valence-electron chi connectivity index (χ2n) is 7.77. The lowest BCUT2D eigenvalue weighted by molar-refractivity contribution is 0.0471. The molecule has 2 N–H and O–H groups in total. The highest BCUT2D eigenvalue weighted by Crippen LogP contribution is 2.14. The molecule has 0 aromatic heterocycles. The SMILES string of the molecule is CN1CCCCC1CNCC(C)(C)NC(=O)OC(C)(C)C. The van der Waals surface area contributed by atoms with E-state index in [4.69, 9.17) is 4.74 Å². The Bertz CT molecular complexity index is 337. The standard InChI is InChI=1S/C16H33N3O2/c1-15(2,3)21-14(20)18-16(4,5)12-17-11-13-9-7-8-10-19(13)6/h13,17H,7-12H2,1-6H3,(H,18,20). The van der Waals surface area contributed by atoms with Gasteiger partial charge in [0.25, 0.3) is 0 Å². The first-order chi connectivity index (χ1) is 9.59. The van der Waals surface area contributed by atoms with Crippen LogP contribution in [0.15, 0.2) is 0 Å². The van der Waals surface area contributed by atoms with E-state index in [1.807, 2.05) is 34.6 Å². The fourth-order valence-corrected chi connectivity index (χ4v) is 2.58. The summed E-state index contributed by atoms with van der Waals surface area (Å²) in [4.78, 5) is 14.2. The van der Waals surface area contributed by atoms with Gasteiger partial charge in [0, 0.05) is 19.1 Å². The van der Waals surface area contributed by atoms with Gasteiger partial charge in [0.1, 0.15) is 5.60 Å². The predicted octanol–water partition coefficient (Wildman–Crippen LogP) is 2.36. The van der Waals surface area contributed by atoms with Crippen molar-refractivity contribution < 1.29 is 9.53 Å². The highest BCUT2D eigenvalue weighted by atomic mass is 16.6. The quantitative estimate of drug-likeness (QED) is 0.818. The molecule has 124 valence electrons. The van der Waals surface area contributed by atoms with Crippen molar-refractivity contribution in [1.29, 1.82) is 0 Å². The van der Waals surface area contributed by atoms with Crippen LogP contribution < -0.4 is 10.6 Å². The Hall–Kier alpha value is -0.810. The summed E-state index contributed by atoms with van der Waals surface area (Å²) in [5, 5.41) is 6.41. The summed E-state index contributed by atoms with van der Waals surface area (Å²) in [6, 6.07) is 0.607. The molecule has 1 aliphatic heterocycles. The zero-order chi connectivity index (χ0) is 16.1. The van der Waals surface area contributed by atoms with E-state index in [2.05, 4.69) is 22.6 Å². The Morgan fingerprint density at radius 1 is 1.24 bits per heavy atom. The van der Waals surface area contributed by atoms with Gasteiger partial charge in [0.05, 0.1) is 5.54 Å². The average molecular weight is 299 g/mol. The number of nitrogens with zero attached hydrogens (tertiary/aromatic N) is 1. The number of rotatable bonds is 5. The third kappa shape index (κ3) is 7.67. The first-order valence-corrected chi connectivity index (χ1v) is 8.01. The van der Waals surface area contributed by atoms with Crippen LogP contribution in [-0.2, 0) is 4.74 Å². The van der Waals surface area contributed by atoms with Gasteiger partial charge in [-0.15, -0.1) is 0 Å². The monoisotopic (exact) mass is 299 g/mol. The second-order valence-corrected chi connectivity index (χ2v) is 7.77. The average Bonchev–Trinajstić information content (AvgIpc) is 2.27.